The van der Waals surface area contributed by atoms with Gasteiger partial charge in [0.25, 0.3) is 11.5 Å². The Bertz CT molecular complexity index is 1080. The molecule has 0 atom stereocenters. The molecule has 0 aromatic carbocycles. The second-order valence-electron chi connectivity index (χ2n) is 9.81. The van der Waals surface area contributed by atoms with Gasteiger partial charge in [0, 0.05) is 31.7 Å². The lowest BCUT2D eigenvalue weighted by Gasteiger charge is -2.29. The average molecular weight is 529 g/mol. The van der Waals surface area contributed by atoms with Gasteiger partial charge in [0.2, 0.25) is 0 Å². The number of hydrogen-bond acceptors (Lipinski definition) is 6. The number of amides is 1. The van der Waals surface area contributed by atoms with Crippen LogP contribution >= 0.6 is 24.0 Å². The molecule has 2 aliphatic rings. The molecule has 0 bridgehead atoms. The molecular weight excluding hydrogens is 488 g/mol. The van der Waals surface area contributed by atoms with E-state index >= 15 is 0 Å². The molecule has 0 unspecified atom stereocenters. The first-order chi connectivity index (χ1) is 17.4. The van der Waals surface area contributed by atoms with Gasteiger partial charge in [-0.1, -0.05) is 82.8 Å². The molecule has 8 heteroatoms. The molecule has 2 aliphatic heterocycles. The highest BCUT2D eigenvalue weighted by Crippen LogP contribution is 2.36. The summed E-state index contributed by atoms with van der Waals surface area (Å²) >= 11 is 6.92. The van der Waals surface area contributed by atoms with Crippen LogP contribution in [-0.2, 0) is 11.3 Å². The number of pyridine rings is 1. The molecule has 0 N–H and O–H groups in total. The molecule has 2 fully saturated rings. The van der Waals surface area contributed by atoms with Gasteiger partial charge in [0.1, 0.15) is 21.8 Å². The van der Waals surface area contributed by atoms with Gasteiger partial charge in [0.15, 0.2) is 0 Å². The molecule has 2 saturated heterocycles. The maximum atomic E-state index is 13.4. The molecule has 0 aliphatic carbocycles. The van der Waals surface area contributed by atoms with E-state index in [-0.39, 0.29) is 17.0 Å². The summed E-state index contributed by atoms with van der Waals surface area (Å²) in [6.07, 6.45) is 13.8. The zero-order valence-electron chi connectivity index (χ0n) is 22.1. The van der Waals surface area contributed by atoms with Gasteiger partial charge in [-0.25, -0.2) is 0 Å². The Labute approximate surface area is 225 Å². The van der Waals surface area contributed by atoms with Gasteiger partial charge in [0.05, 0.1) is 4.91 Å². The van der Waals surface area contributed by atoms with Crippen molar-refractivity contribution in [3.8, 4) is 6.07 Å². The number of nitriles is 1. The normalized spacial score (nSPS) is 17.7. The van der Waals surface area contributed by atoms with Gasteiger partial charge in [-0.05, 0) is 44.2 Å². The van der Waals surface area contributed by atoms with Crippen molar-refractivity contribution in [2.24, 2.45) is 0 Å². The van der Waals surface area contributed by atoms with Crippen molar-refractivity contribution in [1.29, 1.82) is 5.26 Å². The van der Waals surface area contributed by atoms with Crippen LogP contribution in [0.4, 0.5) is 5.82 Å². The van der Waals surface area contributed by atoms with E-state index in [0.29, 0.717) is 27.9 Å². The maximum absolute atomic E-state index is 13.4. The van der Waals surface area contributed by atoms with Crippen LogP contribution in [0.2, 0.25) is 0 Å². The van der Waals surface area contributed by atoms with E-state index in [1.54, 1.807) is 9.47 Å². The quantitative estimate of drug-likeness (QED) is 0.189. The SMILES string of the molecule is CCCCCCCN1C(=O)/C(=C/c2c(C)c(C#N)c(=O)n(CCCC)c2N2CCCCCC2)SC1=S. The van der Waals surface area contributed by atoms with Gasteiger partial charge < -0.3 is 4.90 Å². The Morgan fingerprint density at radius 1 is 0.972 bits per heavy atom. The zero-order chi connectivity index (χ0) is 26.1. The maximum Gasteiger partial charge on any atom is 0.270 e. The van der Waals surface area contributed by atoms with Crippen LogP contribution in [-0.4, -0.2) is 39.3 Å². The molecule has 3 heterocycles. The molecule has 0 saturated carbocycles. The highest BCUT2D eigenvalue weighted by atomic mass is 32.2. The highest BCUT2D eigenvalue weighted by Gasteiger charge is 2.33. The summed E-state index contributed by atoms with van der Waals surface area (Å²) in [5.74, 6) is 0.795. The van der Waals surface area contributed by atoms with E-state index in [1.165, 1.54) is 43.9 Å². The fraction of sp³-hybridized carbons (Fsp3) is 0.643. The second kappa shape index (κ2) is 14.0. The first-order valence-electron chi connectivity index (χ1n) is 13.6. The van der Waals surface area contributed by atoms with Crippen molar-refractivity contribution in [2.45, 2.75) is 97.9 Å². The first kappa shape index (κ1) is 28.5. The van der Waals surface area contributed by atoms with Crippen molar-refractivity contribution in [2.75, 3.05) is 24.5 Å². The molecule has 36 heavy (non-hydrogen) atoms. The van der Waals surface area contributed by atoms with Crippen molar-refractivity contribution in [3.05, 3.63) is 31.9 Å². The monoisotopic (exact) mass is 528 g/mol. The number of anilines is 1. The second-order valence-corrected chi connectivity index (χ2v) is 11.5. The highest BCUT2D eigenvalue weighted by molar-refractivity contribution is 8.26. The predicted molar refractivity (Wildman–Crippen MR) is 154 cm³/mol. The predicted octanol–water partition coefficient (Wildman–Crippen LogP) is 6.38. The summed E-state index contributed by atoms with van der Waals surface area (Å²) in [5, 5.41) is 9.88. The number of rotatable bonds is 11. The van der Waals surface area contributed by atoms with E-state index in [2.05, 4.69) is 24.8 Å². The first-order valence-corrected chi connectivity index (χ1v) is 14.8. The topological polar surface area (TPSA) is 69.3 Å². The van der Waals surface area contributed by atoms with Crippen molar-refractivity contribution in [1.82, 2.24) is 9.47 Å². The van der Waals surface area contributed by atoms with E-state index < -0.39 is 0 Å². The van der Waals surface area contributed by atoms with Gasteiger partial charge >= 0.3 is 0 Å². The van der Waals surface area contributed by atoms with E-state index in [0.717, 1.165) is 63.0 Å². The third-order valence-corrected chi connectivity index (χ3v) is 8.50. The molecule has 0 spiro atoms. The van der Waals surface area contributed by atoms with Crippen LogP contribution < -0.4 is 10.5 Å². The van der Waals surface area contributed by atoms with Crippen molar-refractivity contribution >= 4 is 46.1 Å². The molecule has 0 radical (unpaired) electrons. The third-order valence-electron chi connectivity index (χ3n) is 7.12. The van der Waals surface area contributed by atoms with Crippen molar-refractivity contribution in [3.63, 3.8) is 0 Å². The van der Waals surface area contributed by atoms with Gasteiger partial charge in [-0.15, -0.1) is 0 Å². The minimum absolute atomic E-state index is 0.0634. The molecule has 1 aromatic heterocycles. The number of unbranched alkanes of at least 4 members (excludes halogenated alkanes) is 5. The van der Waals surface area contributed by atoms with Crippen LogP contribution in [0.25, 0.3) is 6.08 Å². The van der Waals surface area contributed by atoms with Crippen LogP contribution in [0.5, 0.6) is 0 Å². The Morgan fingerprint density at radius 3 is 2.28 bits per heavy atom. The largest absolute Gasteiger partial charge is 0.357 e. The van der Waals surface area contributed by atoms with Crippen molar-refractivity contribution < 1.29 is 4.79 Å². The van der Waals surface area contributed by atoms with Crippen LogP contribution in [0.1, 0.15) is 101 Å². The van der Waals surface area contributed by atoms with Gasteiger partial charge in [-0.2, -0.15) is 5.26 Å². The number of hydrogen-bond donors (Lipinski definition) is 0. The molecule has 1 aromatic rings. The summed E-state index contributed by atoms with van der Waals surface area (Å²) in [6.45, 7) is 9.08. The third kappa shape index (κ3) is 6.60. The Hall–Kier alpha value is -2.11. The number of carbonyl (C=O) groups excluding carboxylic acids is 1. The summed E-state index contributed by atoms with van der Waals surface area (Å²) in [6, 6.07) is 2.15. The van der Waals surface area contributed by atoms with Crippen LogP contribution in [0.3, 0.4) is 0 Å². The van der Waals surface area contributed by atoms with E-state index in [9.17, 15) is 14.9 Å². The summed E-state index contributed by atoms with van der Waals surface area (Å²) in [7, 11) is 0. The molecule has 196 valence electrons. The number of carbonyl (C=O) groups is 1. The fourth-order valence-electron chi connectivity index (χ4n) is 4.99. The van der Waals surface area contributed by atoms with Crippen LogP contribution in [0.15, 0.2) is 9.70 Å². The number of thiocarbonyl (C=S) groups is 1. The standard InChI is InChI=1S/C28H40N4O2S2/c1-4-6-8-9-14-18-32-27(34)24(36-28(32)35)19-22-21(3)23(20-29)26(33)31(17-7-5-2)25(22)30-15-12-10-11-13-16-30/h19H,4-18H2,1-3H3/b24-19-. The molecular formula is C28H40N4O2S2. The number of thioether (sulfide) groups is 1. The zero-order valence-corrected chi connectivity index (χ0v) is 23.7. The summed E-state index contributed by atoms with van der Waals surface area (Å²) in [4.78, 5) is 31.4. The number of nitrogens with zero attached hydrogens (tertiary/aromatic N) is 4. The molecule has 6 nitrogen and oxygen atoms in total. The lowest BCUT2D eigenvalue weighted by molar-refractivity contribution is -0.122. The lowest BCUT2D eigenvalue weighted by Crippen LogP contribution is -2.35. The minimum atomic E-state index is -0.223. The summed E-state index contributed by atoms with van der Waals surface area (Å²) in [5.41, 5.74) is 1.41. The molecule has 3 rings (SSSR count). The lowest BCUT2D eigenvalue weighted by atomic mass is 10.0. The van der Waals surface area contributed by atoms with E-state index in [4.69, 9.17) is 12.2 Å². The Balaban J connectivity index is 2.04. The fourth-order valence-corrected chi connectivity index (χ4v) is 6.28. The van der Waals surface area contributed by atoms with E-state index in [1.807, 2.05) is 13.0 Å². The molecule has 1 amide bonds. The average Bonchev–Trinajstić information content (AvgIpc) is 3.03. The number of aromatic nitrogens is 1. The minimum Gasteiger partial charge on any atom is -0.357 e. The van der Waals surface area contributed by atoms with Crippen LogP contribution in [0, 0.1) is 18.3 Å². The summed E-state index contributed by atoms with van der Waals surface area (Å²) < 4.78 is 2.39. The van der Waals surface area contributed by atoms with Gasteiger partial charge in [-0.3, -0.25) is 19.1 Å². The Morgan fingerprint density at radius 2 is 1.64 bits per heavy atom. The smallest absolute Gasteiger partial charge is 0.270 e. The Kier molecular flexibility index (Phi) is 11.1.